The first-order valence-electron chi connectivity index (χ1n) is 7.02. The van der Waals surface area contributed by atoms with E-state index in [1.807, 2.05) is 0 Å². The highest BCUT2D eigenvalue weighted by Gasteiger charge is 2.33. The lowest BCUT2D eigenvalue weighted by Crippen LogP contribution is -2.12. The van der Waals surface area contributed by atoms with Crippen LogP contribution in [0.5, 0.6) is 0 Å². The zero-order valence-corrected chi connectivity index (χ0v) is 13.0. The van der Waals surface area contributed by atoms with Crippen molar-refractivity contribution < 1.29 is 27.6 Å². The van der Waals surface area contributed by atoms with Crippen LogP contribution in [0.4, 0.5) is 24.5 Å². The summed E-state index contributed by atoms with van der Waals surface area (Å²) in [7, 11) is 1.48. The Kier molecular flexibility index (Phi) is 5.26. The van der Waals surface area contributed by atoms with Gasteiger partial charge in [0.25, 0.3) is 5.69 Å². The molecule has 0 atom stereocenters. The number of carbonyl (C=O) groups excluding carboxylic acids is 1. The fourth-order valence-electron chi connectivity index (χ4n) is 2.17. The summed E-state index contributed by atoms with van der Waals surface area (Å²) in [5.41, 5.74) is -1.38. The van der Waals surface area contributed by atoms with Crippen LogP contribution in [0.2, 0.25) is 0 Å². The van der Waals surface area contributed by atoms with Crippen molar-refractivity contribution in [3.05, 3.63) is 69.3 Å². The number of hydrogen-bond acceptors (Lipinski definition) is 5. The van der Waals surface area contributed by atoms with E-state index in [1.54, 1.807) is 0 Å². The molecule has 0 aliphatic heterocycles. The maximum atomic E-state index is 12.9. The smallest absolute Gasteiger partial charge is 0.416 e. The van der Waals surface area contributed by atoms with Gasteiger partial charge in [-0.1, -0.05) is 18.2 Å². The molecule has 0 radical (unpaired) electrons. The van der Waals surface area contributed by atoms with Gasteiger partial charge in [0.1, 0.15) is 12.3 Å². The van der Waals surface area contributed by atoms with Crippen molar-refractivity contribution in [2.75, 3.05) is 12.4 Å². The Bertz CT molecular complexity index is 806. The van der Waals surface area contributed by atoms with Gasteiger partial charge in [0.05, 0.1) is 16.1 Å². The first-order chi connectivity index (χ1) is 11.7. The van der Waals surface area contributed by atoms with Crippen LogP contribution in [-0.2, 0) is 17.5 Å². The zero-order valence-electron chi connectivity index (χ0n) is 13.0. The number of halogens is 3. The standard InChI is InChI=1S/C16H13F3N2O4/c1-20-13-7-6-10(8-14(13)21(23)24)15(22)25-9-11-4-2-3-5-12(11)16(17,18)19/h2-8,20H,9H2,1H3. The number of carbonyl (C=O) groups is 1. The topological polar surface area (TPSA) is 81.5 Å². The molecule has 132 valence electrons. The number of benzene rings is 2. The van der Waals surface area contributed by atoms with Crippen molar-refractivity contribution in [1.82, 2.24) is 0 Å². The molecule has 6 nitrogen and oxygen atoms in total. The number of nitro benzene ring substituents is 1. The molecular formula is C16H13F3N2O4. The Balaban J connectivity index is 2.19. The maximum Gasteiger partial charge on any atom is 0.416 e. The van der Waals surface area contributed by atoms with Gasteiger partial charge in [-0.3, -0.25) is 10.1 Å². The van der Waals surface area contributed by atoms with Crippen LogP contribution in [0, 0.1) is 10.1 Å². The number of rotatable bonds is 5. The highest BCUT2D eigenvalue weighted by atomic mass is 19.4. The Morgan fingerprint density at radius 1 is 1.24 bits per heavy atom. The monoisotopic (exact) mass is 354 g/mol. The summed E-state index contributed by atoms with van der Waals surface area (Å²) in [6, 6.07) is 8.32. The SMILES string of the molecule is CNc1ccc(C(=O)OCc2ccccc2C(F)(F)F)cc1[N+](=O)[O-]. The number of hydrogen-bond donors (Lipinski definition) is 1. The van der Waals surface area contributed by atoms with Crippen LogP contribution < -0.4 is 5.32 Å². The van der Waals surface area contributed by atoms with E-state index in [0.29, 0.717) is 0 Å². The van der Waals surface area contributed by atoms with E-state index in [0.717, 1.165) is 12.1 Å². The lowest BCUT2D eigenvalue weighted by Gasteiger charge is -2.13. The molecule has 0 saturated carbocycles. The fraction of sp³-hybridized carbons (Fsp3) is 0.188. The minimum atomic E-state index is -4.57. The number of nitro groups is 1. The molecule has 2 rings (SSSR count). The van der Waals surface area contributed by atoms with Crippen molar-refractivity contribution in [3.8, 4) is 0 Å². The summed E-state index contributed by atoms with van der Waals surface area (Å²) >= 11 is 0. The third-order valence-corrected chi connectivity index (χ3v) is 3.38. The number of anilines is 1. The highest BCUT2D eigenvalue weighted by Crippen LogP contribution is 2.32. The lowest BCUT2D eigenvalue weighted by atomic mass is 10.1. The minimum absolute atomic E-state index is 0.129. The fourth-order valence-corrected chi connectivity index (χ4v) is 2.17. The Labute approximate surface area is 140 Å². The molecule has 0 aliphatic rings. The van der Waals surface area contributed by atoms with Crippen LogP contribution in [0.1, 0.15) is 21.5 Å². The average Bonchev–Trinajstić information content (AvgIpc) is 2.58. The number of nitrogens with zero attached hydrogens (tertiary/aromatic N) is 1. The van der Waals surface area contributed by atoms with Crippen LogP contribution in [0.25, 0.3) is 0 Å². The Hall–Kier alpha value is -3.10. The van der Waals surface area contributed by atoms with Gasteiger partial charge in [-0.15, -0.1) is 0 Å². The van der Waals surface area contributed by atoms with Gasteiger partial charge in [0.15, 0.2) is 0 Å². The number of esters is 1. The molecule has 0 unspecified atom stereocenters. The summed E-state index contributed by atoms with van der Waals surface area (Å²) < 4.78 is 43.6. The average molecular weight is 354 g/mol. The predicted molar refractivity (Wildman–Crippen MR) is 83.2 cm³/mol. The Morgan fingerprint density at radius 2 is 1.92 bits per heavy atom. The molecule has 9 heteroatoms. The number of ether oxygens (including phenoxy) is 1. The second-order valence-corrected chi connectivity index (χ2v) is 4.97. The molecule has 25 heavy (non-hydrogen) atoms. The van der Waals surface area contributed by atoms with Crippen molar-refractivity contribution in [1.29, 1.82) is 0 Å². The van der Waals surface area contributed by atoms with E-state index < -0.39 is 29.2 Å². The van der Waals surface area contributed by atoms with Crippen molar-refractivity contribution in [3.63, 3.8) is 0 Å². The first-order valence-corrected chi connectivity index (χ1v) is 7.02. The summed E-state index contributed by atoms with van der Waals surface area (Å²) in [4.78, 5) is 22.3. The van der Waals surface area contributed by atoms with Gasteiger partial charge in [-0.2, -0.15) is 13.2 Å². The molecule has 2 aromatic rings. The summed E-state index contributed by atoms with van der Waals surface area (Å²) in [5.74, 6) is -0.956. The largest absolute Gasteiger partial charge is 0.457 e. The molecule has 0 aromatic heterocycles. The molecular weight excluding hydrogens is 341 g/mol. The number of nitrogens with one attached hydrogen (secondary N) is 1. The maximum absolute atomic E-state index is 12.9. The van der Waals surface area contributed by atoms with Gasteiger partial charge in [-0.25, -0.2) is 4.79 Å². The molecule has 0 fully saturated rings. The van der Waals surface area contributed by atoms with E-state index in [-0.39, 0.29) is 22.5 Å². The zero-order chi connectivity index (χ0) is 18.6. The van der Waals surface area contributed by atoms with Crippen molar-refractivity contribution in [2.45, 2.75) is 12.8 Å². The van der Waals surface area contributed by atoms with E-state index in [1.165, 1.54) is 37.4 Å². The summed E-state index contributed by atoms with van der Waals surface area (Å²) in [6.45, 7) is -0.601. The van der Waals surface area contributed by atoms with Gasteiger partial charge >= 0.3 is 12.1 Å². The van der Waals surface area contributed by atoms with E-state index in [2.05, 4.69) is 5.32 Å². The summed E-state index contributed by atoms with van der Waals surface area (Å²) in [6.07, 6.45) is -4.57. The van der Waals surface area contributed by atoms with Gasteiger partial charge in [0, 0.05) is 18.7 Å². The highest BCUT2D eigenvalue weighted by molar-refractivity contribution is 5.91. The van der Waals surface area contributed by atoms with E-state index in [9.17, 15) is 28.1 Å². The van der Waals surface area contributed by atoms with Crippen LogP contribution >= 0.6 is 0 Å². The summed E-state index contributed by atoms with van der Waals surface area (Å²) in [5, 5.41) is 13.6. The van der Waals surface area contributed by atoms with Crippen LogP contribution in [-0.4, -0.2) is 17.9 Å². The third-order valence-electron chi connectivity index (χ3n) is 3.38. The molecule has 0 spiro atoms. The molecule has 0 aliphatic carbocycles. The quantitative estimate of drug-likeness (QED) is 0.498. The van der Waals surface area contributed by atoms with E-state index in [4.69, 9.17) is 4.74 Å². The normalized spacial score (nSPS) is 11.0. The van der Waals surface area contributed by atoms with Gasteiger partial charge in [0.2, 0.25) is 0 Å². The van der Waals surface area contributed by atoms with Crippen LogP contribution in [0.3, 0.4) is 0 Å². The minimum Gasteiger partial charge on any atom is -0.457 e. The predicted octanol–water partition coefficient (Wildman–Crippen LogP) is 4.01. The first kappa shape index (κ1) is 18.2. The molecule has 0 saturated heterocycles. The Morgan fingerprint density at radius 3 is 2.52 bits per heavy atom. The lowest BCUT2D eigenvalue weighted by molar-refractivity contribution is -0.384. The molecule has 0 heterocycles. The van der Waals surface area contributed by atoms with Crippen LogP contribution in [0.15, 0.2) is 42.5 Å². The molecule has 0 amide bonds. The number of alkyl halides is 3. The van der Waals surface area contributed by atoms with Gasteiger partial charge in [-0.05, 0) is 18.2 Å². The molecule has 1 N–H and O–H groups in total. The van der Waals surface area contributed by atoms with Crippen molar-refractivity contribution >= 4 is 17.3 Å². The second-order valence-electron chi connectivity index (χ2n) is 4.97. The molecule has 2 aromatic carbocycles. The van der Waals surface area contributed by atoms with Gasteiger partial charge < -0.3 is 10.1 Å². The second kappa shape index (κ2) is 7.20. The van der Waals surface area contributed by atoms with Crippen molar-refractivity contribution in [2.24, 2.45) is 0 Å². The van der Waals surface area contributed by atoms with E-state index >= 15 is 0 Å². The molecule has 0 bridgehead atoms. The third kappa shape index (κ3) is 4.25.